The maximum atomic E-state index is 2.82. The van der Waals surface area contributed by atoms with Gasteiger partial charge >= 0.3 is 0 Å². The highest BCUT2D eigenvalue weighted by molar-refractivity contribution is 8.34. The van der Waals surface area contributed by atoms with Gasteiger partial charge in [-0.2, -0.15) is 0 Å². The minimum absolute atomic E-state index is 0.481. The number of hydrogen-bond acceptors (Lipinski definition) is 0. The fourth-order valence-electron chi connectivity index (χ4n) is 7.29. The van der Waals surface area contributed by atoms with Gasteiger partial charge in [0.25, 0.3) is 0 Å². The standard InChI is InChI=1S/C22H42S/c1-7-14-23(6,22-17(4)15(2)16(3)18(22)5)21-13-12-19-10-8-9-11-20(19)21/h15-22H,7-14H2,1-6H3. The second kappa shape index (κ2) is 6.93. The molecule has 0 aliphatic heterocycles. The normalized spacial score (nSPS) is 51.2. The van der Waals surface area contributed by atoms with Crippen molar-refractivity contribution in [2.75, 3.05) is 12.0 Å². The molecule has 3 aliphatic carbocycles. The molecule has 8 atom stereocenters. The fourth-order valence-corrected chi connectivity index (χ4v) is 13.4. The van der Waals surface area contributed by atoms with Gasteiger partial charge in [0.15, 0.2) is 0 Å². The lowest BCUT2D eigenvalue weighted by Crippen LogP contribution is -2.39. The molecule has 23 heavy (non-hydrogen) atoms. The van der Waals surface area contributed by atoms with Crippen molar-refractivity contribution in [3.8, 4) is 0 Å². The van der Waals surface area contributed by atoms with Crippen LogP contribution in [0.25, 0.3) is 0 Å². The monoisotopic (exact) mass is 338 g/mol. The molecule has 0 nitrogen and oxygen atoms in total. The van der Waals surface area contributed by atoms with Crippen LogP contribution in [0.4, 0.5) is 0 Å². The van der Waals surface area contributed by atoms with Crippen LogP contribution in [0, 0.1) is 35.5 Å². The molecule has 0 heterocycles. The Labute approximate surface area is 147 Å². The first kappa shape index (κ1) is 18.2. The molecule has 0 radical (unpaired) electrons. The Hall–Kier alpha value is 0.350. The summed E-state index contributed by atoms with van der Waals surface area (Å²) in [5, 5.41) is 2.15. The fraction of sp³-hybridized carbons (Fsp3) is 1.00. The van der Waals surface area contributed by atoms with E-state index in [1.54, 1.807) is 31.4 Å². The van der Waals surface area contributed by atoms with Crippen LogP contribution in [-0.4, -0.2) is 22.5 Å². The minimum atomic E-state index is -0.481. The second-order valence-electron chi connectivity index (χ2n) is 9.66. The first-order valence-electron chi connectivity index (χ1n) is 10.7. The summed E-state index contributed by atoms with van der Waals surface area (Å²) >= 11 is 0. The van der Waals surface area contributed by atoms with Crippen LogP contribution in [-0.2, 0) is 0 Å². The van der Waals surface area contributed by atoms with E-state index in [1.165, 1.54) is 19.3 Å². The van der Waals surface area contributed by atoms with E-state index in [9.17, 15) is 0 Å². The molecular formula is C22H42S. The average Bonchev–Trinajstić information content (AvgIpc) is 3.05. The summed E-state index contributed by atoms with van der Waals surface area (Å²) < 4.78 is 0. The Morgan fingerprint density at radius 1 is 0.783 bits per heavy atom. The SMILES string of the molecule is CCCS(C)(C1CCC2CCCCC21)C1C(C)C(C)C(C)C1C. The summed E-state index contributed by atoms with van der Waals surface area (Å²) in [5.74, 6) is 7.55. The summed E-state index contributed by atoms with van der Waals surface area (Å²) in [7, 11) is -0.481. The third kappa shape index (κ3) is 2.91. The van der Waals surface area contributed by atoms with Gasteiger partial charge in [-0.1, -0.05) is 53.9 Å². The van der Waals surface area contributed by atoms with Crippen molar-refractivity contribution in [3.05, 3.63) is 0 Å². The molecule has 1 heteroatoms. The van der Waals surface area contributed by atoms with Gasteiger partial charge in [0.2, 0.25) is 0 Å². The van der Waals surface area contributed by atoms with Gasteiger partial charge in [0, 0.05) is 0 Å². The largest absolute Gasteiger partial charge is 0.237 e. The van der Waals surface area contributed by atoms with Crippen LogP contribution >= 0.6 is 10.0 Å². The van der Waals surface area contributed by atoms with E-state index in [0.717, 1.165) is 46.0 Å². The van der Waals surface area contributed by atoms with Gasteiger partial charge in [-0.05, 0) is 83.7 Å². The number of fused-ring (bicyclic) bond motifs is 1. The van der Waals surface area contributed by atoms with Crippen LogP contribution < -0.4 is 0 Å². The molecule has 3 fully saturated rings. The maximum Gasteiger partial charge on any atom is -0.00550 e. The van der Waals surface area contributed by atoms with E-state index in [1.807, 2.05) is 0 Å². The molecule has 0 aromatic carbocycles. The molecule has 136 valence electrons. The van der Waals surface area contributed by atoms with Crippen molar-refractivity contribution in [2.45, 2.75) is 90.1 Å². The van der Waals surface area contributed by atoms with Crippen molar-refractivity contribution in [1.29, 1.82) is 0 Å². The van der Waals surface area contributed by atoms with Gasteiger partial charge in [0.1, 0.15) is 0 Å². The summed E-state index contributed by atoms with van der Waals surface area (Å²) in [6, 6.07) is 0. The molecule has 0 amide bonds. The van der Waals surface area contributed by atoms with Crippen LogP contribution in [0.15, 0.2) is 0 Å². The summed E-state index contributed by atoms with van der Waals surface area (Å²) in [6.45, 7) is 12.8. The Bertz CT molecular complexity index is 391. The maximum absolute atomic E-state index is 2.82. The van der Waals surface area contributed by atoms with Gasteiger partial charge < -0.3 is 0 Å². The van der Waals surface area contributed by atoms with E-state index in [-0.39, 0.29) is 0 Å². The first-order valence-corrected chi connectivity index (χ1v) is 13.0. The Morgan fingerprint density at radius 2 is 1.39 bits per heavy atom. The van der Waals surface area contributed by atoms with Crippen molar-refractivity contribution >= 4 is 10.0 Å². The number of hydrogen-bond donors (Lipinski definition) is 0. The molecule has 0 N–H and O–H groups in total. The third-order valence-corrected chi connectivity index (χ3v) is 14.1. The van der Waals surface area contributed by atoms with Crippen molar-refractivity contribution in [1.82, 2.24) is 0 Å². The summed E-state index contributed by atoms with van der Waals surface area (Å²) in [6.07, 6.45) is 13.6. The predicted molar refractivity (Wildman–Crippen MR) is 108 cm³/mol. The van der Waals surface area contributed by atoms with E-state index in [4.69, 9.17) is 0 Å². The molecule has 0 bridgehead atoms. The quantitative estimate of drug-likeness (QED) is 0.533. The number of rotatable bonds is 4. The lowest BCUT2D eigenvalue weighted by Gasteiger charge is -2.53. The molecule has 0 saturated heterocycles. The van der Waals surface area contributed by atoms with Crippen LogP contribution in [0.2, 0.25) is 0 Å². The highest BCUT2D eigenvalue weighted by Crippen LogP contribution is 2.69. The van der Waals surface area contributed by atoms with Gasteiger partial charge in [0.05, 0.1) is 0 Å². The molecule has 0 aromatic heterocycles. The van der Waals surface area contributed by atoms with E-state index in [2.05, 4.69) is 40.9 Å². The van der Waals surface area contributed by atoms with E-state index < -0.39 is 10.0 Å². The first-order chi connectivity index (χ1) is 10.9. The third-order valence-electron chi connectivity index (χ3n) is 8.75. The summed E-state index contributed by atoms with van der Waals surface area (Å²) in [5.41, 5.74) is 0. The van der Waals surface area contributed by atoms with Gasteiger partial charge in [-0.25, -0.2) is 10.0 Å². The van der Waals surface area contributed by atoms with Crippen LogP contribution in [0.1, 0.15) is 79.6 Å². The minimum Gasteiger partial charge on any atom is -0.237 e. The molecule has 3 aliphatic rings. The predicted octanol–water partition coefficient (Wildman–Crippen LogP) is 6.73. The molecule has 0 spiro atoms. The molecule has 3 saturated carbocycles. The average molecular weight is 339 g/mol. The van der Waals surface area contributed by atoms with Crippen LogP contribution in [0.5, 0.6) is 0 Å². The zero-order chi connectivity index (χ0) is 16.8. The van der Waals surface area contributed by atoms with Gasteiger partial charge in [-0.3, -0.25) is 0 Å². The lowest BCUT2D eigenvalue weighted by atomic mass is 9.82. The summed E-state index contributed by atoms with van der Waals surface area (Å²) in [4.78, 5) is 0. The van der Waals surface area contributed by atoms with Crippen molar-refractivity contribution in [3.63, 3.8) is 0 Å². The smallest absolute Gasteiger partial charge is 0.00550 e. The second-order valence-corrected chi connectivity index (χ2v) is 13.7. The van der Waals surface area contributed by atoms with Gasteiger partial charge in [-0.15, -0.1) is 0 Å². The van der Waals surface area contributed by atoms with Crippen LogP contribution in [0.3, 0.4) is 0 Å². The zero-order valence-corrected chi connectivity index (χ0v) is 17.5. The van der Waals surface area contributed by atoms with Crippen molar-refractivity contribution < 1.29 is 0 Å². The van der Waals surface area contributed by atoms with E-state index in [0.29, 0.717) is 0 Å². The highest BCUT2D eigenvalue weighted by atomic mass is 32.3. The zero-order valence-electron chi connectivity index (χ0n) is 16.7. The lowest BCUT2D eigenvalue weighted by molar-refractivity contribution is 0.279. The highest BCUT2D eigenvalue weighted by Gasteiger charge is 2.53. The topological polar surface area (TPSA) is 0 Å². The Balaban J connectivity index is 1.90. The molecule has 0 aromatic rings. The molecule has 3 rings (SSSR count). The Morgan fingerprint density at radius 3 is 2.00 bits per heavy atom. The Kier molecular flexibility index (Phi) is 5.47. The van der Waals surface area contributed by atoms with E-state index >= 15 is 0 Å². The van der Waals surface area contributed by atoms with Crippen molar-refractivity contribution in [2.24, 2.45) is 35.5 Å². The molecule has 8 unspecified atom stereocenters. The molecular weight excluding hydrogens is 296 g/mol.